The smallest absolute Gasteiger partial charge is 0.227 e. The highest BCUT2D eigenvalue weighted by Gasteiger charge is 2.24. The Morgan fingerprint density at radius 3 is 2.70 bits per heavy atom. The Bertz CT molecular complexity index is 1270. The summed E-state index contributed by atoms with van der Waals surface area (Å²) < 4.78 is 21.9. The van der Waals surface area contributed by atoms with Gasteiger partial charge in [0.2, 0.25) is 5.95 Å². The first-order chi connectivity index (χ1) is 15.9. The Balaban J connectivity index is 1.27. The number of nitrogens with one attached hydrogen (secondary N) is 1. The number of pyridine rings is 1. The first-order valence-corrected chi connectivity index (χ1v) is 11.1. The van der Waals surface area contributed by atoms with Gasteiger partial charge in [-0.15, -0.1) is 0 Å². The van der Waals surface area contributed by atoms with Crippen LogP contribution in [0, 0.1) is 19.7 Å². The summed E-state index contributed by atoms with van der Waals surface area (Å²) in [5, 5.41) is 4.17. The Kier molecular flexibility index (Phi) is 5.78. The first kappa shape index (κ1) is 21.5. The molecular weight excluding hydrogens is 419 g/mol. The van der Waals surface area contributed by atoms with E-state index in [0.717, 1.165) is 58.9 Å². The van der Waals surface area contributed by atoms with Gasteiger partial charge < -0.3 is 14.6 Å². The maximum Gasteiger partial charge on any atom is 0.227 e. The number of aryl methyl sites for hydroxylation is 3. The largest absolute Gasteiger partial charge is 0.369 e. The molecule has 170 valence electrons. The van der Waals surface area contributed by atoms with E-state index < -0.39 is 0 Å². The average Bonchev–Trinajstić information content (AvgIpc) is 3.08. The van der Waals surface area contributed by atoms with Gasteiger partial charge in [0, 0.05) is 55.2 Å². The van der Waals surface area contributed by atoms with Crippen molar-refractivity contribution in [2.75, 3.05) is 25.0 Å². The Morgan fingerprint density at radius 1 is 1.12 bits per heavy atom. The molecule has 33 heavy (non-hydrogen) atoms. The second kappa shape index (κ2) is 8.88. The molecule has 5 rings (SSSR count). The van der Waals surface area contributed by atoms with E-state index in [-0.39, 0.29) is 11.9 Å². The SMILES string of the molecule is Cc1cc(C)nc(Nc2ccc([C@H]3CN(Cc4cn(C)c5ccc(F)cc45)CCO3)nc2)n1. The van der Waals surface area contributed by atoms with Gasteiger partial charge in [-0.25, -0.2) is 14.4 Å². The van der Waals surface area contributed by atoms with Crippen LogP contribution in [0.25, 0.3) is 10.9 Å². The molecule has 1 N–H and O–H groups in total. The number of rotatable bonds is 5. The van der Waals surface area contributed by atoms with Crippen LogP contribution in [0.2, 0.25) is 0 Å². The van der Waals surface area contributed by atoms with Crippen molar-refractivity contribution in [2.24, 2.45) is 7.05 Å². The van der Waals surface area contributed by atoms with Crippen molar-refractivity contribution in [3.63, 3.8) is 0 Å². The predicted octanol–water partition coefficient (Wildman–Crippen LogP) is 4.44. The lowest BCUT2D eigenvalue weighted by Crippen LogP contribution is -2.38. The number of benzene rings is 1. The highest BCUT2D eigenvalue weighted by Crippen LogP contribution is 2.27. The zero-order chi connectivity index (χ0) is 22.9. The summed E-state index contributed by atoms with van der Waals surface area (Å²) >= 11 is 0. The Hall–Kier alpha value is -3.36. The van der Waals surface area contributed by atoms with Crippen LogP contribution in [0.5, 0.6) is 0 Å². The molecular formula is C25H27FN6O. The lowest BCUT2D eigenvalue weighted by Gasteiger charge is -2.32. The van der Waals surface area contributed by atoms with E-state index in [1.807, 2.05) is 45.2 Å². The molecule has 0 bridgehead atoms. The van der Waals surface area contributed by atoms with Gasteiger partial charge in [-0.1, -0.05) is 0 Å². The van der Waals surface area contributed by atoms with Gasteiger partial charge in [0.1, 0.15) is 11.9 Å². The fraction of sp³-hybridized carbons (Fsp3) is 0.320. The van der Waals surface area contributed by atoms with Crippen molar-refractivity contribution >= 4 is 22.5 Å². The quantitative estimate of drug-likeness (QED) is 0.489. The van der Waals surface area contributed by atoms with Crippen molar-refractivity contribution in [1.82, 2.24) is 24.4 Å². The number of hydrogen-bond donors (Lipinski definition) is 1. The fourth-order valence-corrected chi connectivity index (χ4v) is 4.42. The normalized spacial score (nSPS) is 16.9. The van der Waals surface area contributed by atoms with Gasteiger partial charge in [-0.3, -0.25) is 9.88 Å². The van der Waals surface area contributed by atoms with E-state index in [0.29, 0.717) is 12.6 Å². The van der Waals surface area contributed by atoms with Gasteiger partial charge in [0.25, 0.3) is 0 Å². The van der Waals surface area contributed by atoms with Gasteiger partial charge in [-0.2, -0.15) is 0 Å². The highest BCUT2D eigenvalue weighted by molar-refractivity contribution is 5.84. The summed E-state index contributed by atoms with van der Waals surface area (Å²) in [5.41, 5.74) is 5.70. The van der Waals surface area contributed by atoms with E-state index in [9.17, 15) is 4.39 Å². The van der Waals surface area contributed by atoms with E-state index in [2.05, 4.69) is 35.9 Å². The number of fused-ring (bicyclic) bond motifs is 1. The standard InChI is InChI=1S/C25H27FN6O/c1-16-10-17(2)29-25(28-16)30-20-5-6-22(27-12-20)24-15-32(8-9-33-24)14-18-13-31(3)23-7-4-19(26)11-21(18)23/h4-7,10-13,24H,8-9,14-15H2,1-3H3,(H,28,29,30)/t24-/m1/s1. The number of nitrogens with zero attached hydrogens (tertiary/aromatic N) is 5. The molecule has 0 amide bonds. The van der Waals surface area contributed by atoms with Gasteiger partial charge in [0.05, 0.1) is 24.2 Å². The zero-order valence-corrected chi connectivity index (χ0v) is 19.0. The monoisotopic (exact) mass is 446 g/mol. The molecule has 3 aromatic heterocycles. The van der Waals surface area contributed by atoms with Crippen molar-refractivity contribution in [3.05, 3.63) is 77.3 Å². The van der Waals surface area contributed by atoms with Crippen LogP contribution in [-0.4, -0.2) is 44.1 Å². The summed E-state index contributed by atoms with van der Waals surface area (Å²) in [7, 11) is 1.99. The molecule has 8 heteroatoms. The molecule has 1 aliphatic heterocycles. The summed E-state index contributed by atoms with van der Waals surface area (Å²) in [6.45, 7) is 6.81. The van der Waals surface area contributed by atoms with Crippen LogP contribution in [0.15, 0.2) is 48.8 Å². The molecule has 1 saturated heterocycles. The summed E-state index contributed by atoms with van der Waals surface area (Å²) in [4.78, 5) is 15.8. The molecule has 1 aromatic carbocycles. The maximum absolute atomic E-state index is 13.8. The molecule has 0 saturated carbocycles. The minimum absolute atomic E-state index is 0.114. The molecule has 4 aromatic rings. The predicted molar refractivity (Wildman–Crippen MR) is 126 cm³/mol. The lowest BCUT2D eigenvalue weighted by atomic mass is 10.1. The molecule has 1 aliphatic rings. The van der Waals surface area contributed by atoms with E-state index in [4.69, 9.17) is 4.74 Å². The molecule has 1 atom stereocenters. The van der Waals surface area contributed by atoms with E-state index in [1.54, 1.807) is 12.3 Å². The highest BCUT2D eigenvalue weighted by atomic mass is 19.1. The van der Waals surface area contributed by atoms with Gasteiger partial charge in [0.15, 0.2) is 0 Å². The van der Waals surface area contributed by atoms with Crippen LogP contribution < -0.4 is 5.32 Å². The van der Waals surface area contributed by atoms with E-state index in [1.165, 1.54) is 6.07 Å². The molecule has 7 nitrogen and oxygen atoms in total. The molecule has 0 radical (unpaired) electrons. The van der Waals surface area contributed by atoms with Crippen molar-refractivity contribution in [1.29, 1.82) is 0 Å². The first-order valence-electron chi connectivity index (χ1n) is 11.1. The fourth-order valence-electron chi connectivity index (χ4n) is 4.42. The second-order valence-corrected chi connectivity index (χ2v) is 8.59. The number of morpholine rings is 1. The third kappa shape index (κ3) is 4.72. The summed E-state index contributed by atoms with van der Waals surface area (Å²) in [6, 6.07) is 10.8. The zero-order valence-electron chi connectivity index (χ0n) is 19.0. The number of ether oxygens (including phenoxy) is 1. The van der Waals surface area contributed by atoms with Gasteiger partial charge in [-0.05, 0) is 55.8 Å². The second-order valence-electron chi connectivity index (χ2n) is 8.59. The van der Waals surface area contributed by atoms with Crippen molar-refractivity contribution < 1.29 is 9.13 Å². The van der Waals surface area contributed by atoms with Crippen LogP contribution in [0.3, 0.4) is 0 Å². The van der Waals surface area contributed by atoms with Crippen molar-refractivity contribution in [3.8, 4) is 0 Å². The Morgan fingerprint density at radius 2 is 1.94 bits per heavy atom. The maximum atomic E-state index is 13.8. The lowest BCUT2D eigenvalue weighted by molar-refractivity contribution is -0.0348. The molecule has 0 spiro atoms. The molecule has 0 unspecified atom stereocenters. The molecule has 0 aliphatic carbocycles. The minimum Gasteiger partial charge on any atom is -0.369 e. The third-order valence-electron chi connectivity index (χ3n) is 5.93. The van der Waals surface area contributed by atoms with Crippen LogP contribution in [0.4, 0.5) is 16.0 Å². The molecule has 1 fully saturated rings. The number of aromatic nitrogens is 4. The van der Waals surface area contributed by atoms with E-state index >= 15 is 0 Å². The number of hydrogen-bond acceptors (Lipinski definition) is 6. The average molecular weight is 447 g/mol. The number of anilines is 2. The topological polar surface area (TPSA) is 68.1 Å². The Labute approximate surface area is 192 Å². The van der Waals surface area contributed by atoms with Crippen molar-refractivity contribution in [2.45, 2.75) is 26.5 Å². The number of halogens is 1. The van der Waals surface area contributed by atoms with Crippen LogP contribution in [-0.2, 0) is 18.3 Å². The summed E-state index contributed by atoms with van der Waals surface area (Å²) in [6.07, 6.45) is 3.76. The summed E-state index contributed by atoms with van der Waals surface area (Å²) in [5.74, 6) is 0.354. The van der Waals surface area contributed by atoms with Crippen LogP contribution >= 0.6 is 0 Å². The third-order valence-corrected chi connectivity index (χ3v) is 5.93. The molecule has 4 heterocycles. The van der Waals surface area contributed by atoms with Crippen LogP contribution in [0.1, 0.15) is 28.7 Å². The minimum atomic E-state index is -0.209. The van der Waals surface area contributed by atoms with Gasteiger partial charge >= 0.3 is 0 Å².